The van der Waals surface area contributed by atoms with Crippen LogP contribution in [0, 0.1) is 5.92 Å². The molecule has 1 heterocycles. The standard InChI is InChI=1S/C13H22BrNO3/c1-3-5-10(11(14)6-4-2)9-12(16)15-7-8-18-13(15)17/h10-11H,3-9H2,1-2H3. The van der Waals surface area contributed by atoms with Crippen LogP contribution >= 0.6 is 15.9 Å². The summed E-state index contributed by atoms with van der Waals surface area (Å²) < 4.78 is 4.79. The van der Waals surface area contributed by atoms with E-state index in [1.54, 1.807) is 0 Å². The van der Waals surface area contributed by atoms with E-state index in [1.807, 2.05) is 0 Å². The van der Waals surface area contributed by atoms with E-state index in [2.05, 4.69) is 29.8 Å². The third-order valence-corrected chi connectivity index (χ3v) is 4.44. The van der Waals surface area contributed by atoms with Gasteiger partial charge in [0.15, 0.2) is 0 Å². The number of carbonyl (C=O) groups excluding carboxylic acids is 2. The van der Waals surface area contributed by atoms with Gasteiger partial charge in [-0.1, -0.05) is 42.6 Å². The number of carbonyl (C=O) groups is 2. The molecular formula is C13H22BrNO3. The number of rotatable bonds is 7. The molecule has 1 aliphatic heterocycles. The third-order valence-electron chi connectivity index (χ3n) is 3.23. The highest BCUT2D eigenvalue weighted by Crippen LogP contribution is 2.27. The summed E-state index contributed by atoms with van der Waals surface area (Å²) in [4.78, 5) is 25.0. The Kier molecular flexibility index (Phi) is 6.68. The van der Waals surface area contributed by atoms with Crippen LogP contribution < -0.4 is 0 Å². The van der Waals surface area contributed by atoms with E-state index in [-0.39, 0.29) is 5.91 Å². The molecule has 0 N–H and O–H groups in total. The summed E-state index contributed by atoms with van der Waals surface area (Å²) in [6.07, 6.45) is 4.15. The van der Waals surface area contributed by atoms with E-state index in [9.17, 15) is 9.59 Å². The van der Waals surface area contributed by atoms with Gasteiger partial charge in [-0.2, -0.15) is 0 Å². The molecule has 1 aliphatic rings. The third kappa shape index (κ3) is 4.26. The quantitative estimate of drug-likeness (QED) is 0.676. The second-order valence-electron chi connectivity index (χ2n) is 4.72. The molecule has 1 rings (SSSR count). The molecule has 0 radical (unpaired) electrons. The summed E-state index contributed by atoms with van der Waals surface area (Å²) in [5.74, 6) is 0.201. The van der Waals surface area contributed by atoms with Crippen molar-refractivity contribution in [3.8, 4) is 0 Å². The summed E-state index contributed by atoms with van der Waals surface area (Å²) >= 11 is 3.67. The molecule has 5 heteroatoms. The molecule has 2 amide bonds. The molecule has 2 atom stereocenters. The normalized spacial score (nSPS) is 18.6. The van der Waals surface area contributed by atoms with Gasteiger partial charge in [0.05, 0.1) is 6.54 Å². The molecule has 0 aromatic rings. The van der Waals surface area contributed by atoms with E-state index in [0.29, 0.717) is 30.3 Å². The number of cyclic esters (lactones) is 1. The van der Waals surface area contributed by atoms with Crippen molar-refractivity contribution >= 4 is 27.9 Å². The minimum Gasteiger partial charge on any atom is -0.447 e. The molecule has 0 saturated carbocycles. The van der Waals surface area contributed by atoms with Crippen molar-refractivity contribution in [2.24, 2.45) is 5.92 Å². The SMILES string of the molecule is CCCC(Br)C(CCC)CC(=O)N1CCOC1=O. The minimum atomic E-state index is -0.489. The fourth-order valence-electron chi connectivity index (χ4n) is 2.25. The lowest BCUT2D eigenvalue weighted by Crippen LogP contribution is -2.34. The van der Waals surface area contributed by atoms with Gasteiger partial charge in [0.1, 0.15) is 6.61 Å². The zero-order valence-electron chi connectivity index (χ0n) is 11.2. The summed E-state index contributed by atoms with van der Waals surface area (Å²) in [5.41, 5.74) is 0. The van der Waals surface area contributed by atoms with Crippen molar-refractivity contribution in [3.63, 3.8) is 0 Å². The average Bonchev–Trinajstić information content (AvgIpc) is 2.75. The first kappa shape index (κ1) is 15.5. The van der Waals surface area contributed by atoms with Crippen LogP contribution in [-0.4, -0.2) is 34.9 Å². The van der Waals surface area contributed by atoms with Crippen LogP contribution in [0.2, 0.25) is 0 Å². The van der Waals surface area contributed by atoms with Crippen molar-refractivity contribution in [1.29, 1.82) is 0 Å². The molecule has 4 nitrogen and oxygen atoms in total. The number of hydrogen-bond donors (Lipinski definition) is 0. The van der Waals surface area contributed by atoms with Gasteiger partial charge in [0.2, 0.25) is 5.91 Å². The molecule has 0 aliphatic carbocycles. The second kappa shape index (κ2) is 7.77. The number of alkyl halides is 1. The molecule has 1 saturated heterocycles. The van der Waals surface area contributed by atoms with Crippen LogP contribution in [0.4, 0.5) is 4.79 Å². The monoisotopic (exact) mass is 319 g/mol. The van der Waals surface area contributed by atoms with E-state index in [4.69, 9.17) is 4.74 Å². The largest absolute Gasteiger partial charge is 0.447 e. The molecule has 18 heavy (non-hydrogen) atoms. The lowest BCUT2D eigenvalue weighted by atomic mass is 9.93. The maximum absolute atomic E-state index is 12.1. The number of halogens is 1. The van der Waals surface area contributed by atoms with Crippen LogP contribution in [0.5, 0.6) is 0 Å². The summed E-state index contributed by atoms with van der Waals surface area (Å²) in [7, 11) is 0. The number of ether oxygens (including phenoxy) is 1. The maximum atomic E-state index is 12.1. The highest BCUT2D eigenvalue weighted by molar-refractivity contribution is 9.09. The van der Waals surface area contributed by atoms with Crippen LogP contribution in [0.3, 0.4) is 0 Å². The van der Waals surface area contributed by atoms with E-state index >= 15 is 0 Å². The minimum absolute atomic E-state index is 0.100. The molecule has 104 valence electrons. The molecule has 0 aromatic carbocycles. The zero-order chi connectivity index (χ0) is 13.5. The van der Waals surface area contributed by atoms with Gasteiger partial charge in [-0.25, -0.2) is 9.69 Å². The van der Waals surface area contributed by atoms with Crippen molar-refractivity contribution in [1.82, 2.24) is 4.90 Å². The summed E-state index contributed by atoms with van der Waals surface area (Å²) in [6.45, 7) is 4.98. The Morgan fingerprint density at radius 1 is 1.39 bits per heavy atom. The van der Waals surface area contributed by atoms with Gasteiger partial charge in [0.25, 0.3) is 0 Å². The topological polar surface area (TPSA) is 46.6 Å². The Hall–Kier alpha value is -0.580. The predicted octanol–water partition coefficient (Wildman–Crippen LogP) is 3.34. The van der Waals surface area contributed by atoms with E-state index in [1.165, 1.54) is 4.90 Å². The predicted molar refractivity (Wildman–Crippen MR) is 73.7 cm³/mol. The lowest BCUT2D eigenvalue weighted by Gasteiger charge is -2.22. The second-order valence-corrected chi connectivity index (χ2v) is 5.89. The first-order chi connectivity index (χ1) is 8.60. The first-order valence-corrected chi connectivity index (χ1v) is 7.62. The van der Waals surface area contributed by atoms with Crippen molar-refractivity contribution in [2.75, 3.05) is 13.2 Å². The smallest absolute Gasteiger partial charge is 0.416 e. The Labute approximate surface area is 117 Å². The van der Waals surface area contributed by atoms with Gasteiger partial charge >= 0.3 is 6.09 Å². The van der Waals surface area contributed by atoms with Gasteiger partial charge < -0.3 is 4.74 Å². The van der Waals surface area contributed by atoms with Gasteiger partial charge in [-0.15, -0.1) is 0 Å². The number of amides is 2. The van der Waals surface area contributed by atoms with Crippen LogP contribution in [0.1, 0.15) is 46.0 Å². The maximum Gasteiger partial charge on any atom is 0.416 e. The zero-order valence-corrected chi connectivity index (χ0v) is 12.7. The fourth-order valence-corrected chi connectivity index (χ4v) is 3.16. The van der Waals surface area contributed by atoms with Crippen LogP contribution in [0.25, 0.3) is 0 Å². The Morgan fingerprint density at radius 3 is 2.56 bits per heavy atom. The van der Waals surface area contributed by atoms with Gasteiger partial charge in [-0.05, 0) is 18.8 Å². The Bertz CT molecular complexity index is 296. The fraction of sp³-hybridized carbons (Fsp3) is 0.846. The summed E-state index contributed by atoms with van der Waals surface area (Å²) in [6, 6.07) is 0. The van der Waals surface area contributed by atoms with Crippen molar-refractivity contribution in [2.45, 2.75) is 50.8 Å². The number of nitrogens with zero attached hydrogens (tertiary/aromatic N) is 1. The molecule has 0 aromatic heterocycles. The Morgan fingerprint density at radius 2 is 2.06 bits per heavy atom. The van der Waals surface area contributed by atoms with E-state index < -0.39 is 6.09 Å². The van der Waals surface area contributed by atoms with Crippen LogP contribution in [0.15, 0.2) is 0 Å². The van der Waals surface area contributed by atoms with E-state index in [0.717, 1.165) is 25.7 Å². The molecular weight excluding hydrogens is 298 g/mol. The highest BCUT2D eigenvalue weighted by atomic mass is 79.9. The highest BCUT2D eigenvalue weighted by Gasteiger charge is 2.31. The number of hydrogen-bond acceptors (Lipinski definition) is 3. The molecule has 1 fully saturated rings. The summed E-state index contributed by atoms with van der Waals surface area (Å²) in [5, 5.41) is 0. The molecule has 0 spiro atoms. The first-order valence-electron chi connectivity index (χ1n) is 6.71. The van der Waals surface area contributed by atoms with Crippen molar-refractivity contribution in [3.05, 3.63) is 0 Å². The average molecular weight is 320 g/mol. The molecule has 0 bridgehead atoms. The molecule has 2 unspecified atom stereocenters. The van der Waals surface area contributed by atoms with Gasteiger partial charge in [0, 0.05) is 11.2 Å². The van der Waals surface area contributed by atoms with Crippen LogP contribution in [-0.2, 0) is 9.53 Å². The van der Waals surface area contributed by atoms with Gasteiger partial charge in [-0.3, -0.25) is 4.79 Å². The lowest BCUT2D eigenvalue weighted by molar-refractivity contribution is -0.128. The Balaban J connectivity index is 2.54. The van der Waals surface area contributed by atoms with Crippen molar-refractivity contribution < 1.29 is 14.3 Å². The number of imide groups is 1.